The molecule has 0 spiro atoms. The highest BCUT2D eigenvalue weighted by atomic mass is 79.9. The van der Waals surface area contributed by atoms with E-state index in [0.29, 0.717) is 11.5 Å². The van der Waals surface area contributed by atoms with Gasteiger partial charge in [0.05, 0.1) is 5.02 Å². The van der Waals surface area contributed by atoms with Crippen molar-refractivity contribution in [2.45, 2.75) is 6.42 Å². The Hall–Kier alpha value is -0.120. The minimum Gasteiger partial charge on any atom is -0.316 e. The van der Waals surface area contributed by atoms with E-state index in [1.807, 2.05) is 0 Å². The summed E-state index contributed by atoms with van der Waals surface area (Å²) >= 11 is 9.06. The molecule has 1 aromatic carbocycles. The van der Waals surface area contributed by atoms with Crippen LogP contribution >= 0.6 is 27.5 Å². The summed E-state index contributed by atoms with van der Waals surface area (Å²) in [6.45, 7) is 1.94. The summed E-state index contributed by atoms with van der Waals surface area (Å²) in [5, 5.41) is 3.37. The maximum Gasteiger partial charge on any atom is 0.146 e. The number of halogens is 3. The van der Waals surface area contributed by atoms with Crippen LogP contribution in [0.5, 0.6) is 0 Å². The van der Waals surface area contributed by atoms with Gasteiger partial charge in [-0.3, -0.25) is 0 Å². The van der Waals surface area contributed by atoms with Gasteiger partial charge < -0.3 is 5.32 Å². The quantitative estimate of drug-likeness (QED) is 0.820. The van der Waals surface area contributed by atoms with Crippen molar-refractivity contribution in [1.29, 1.82) is 0 Å². The van der Waals surface area contributed by atoms with Crippen LogP contribution in [0, 0.1) is 11.7 Å². The van der Waals surface area contributed by atoms with Crippen molar-refractivity contribution in [3.8, 4) is 0 Å². The molecule has 0 aliphatic carbocycles. The minimum absolute atomic E-state index is 0.204. The van der Waals surface area contributed by atoms with Crippen molar-refractivity contribution in [3.05, 3.63) is 33.0 Å². The van der Waals surface area contributed by atoms with Gasteiger partial charge in [-0.05, 0) is 37.6 Å². The van der Waals surface area contributed by atoms with Gasteiger partial charge in [0.25, 0.3) is 0 Å². The van der Waals surface area contributed by atoms with Crippen molar-refractivity contribution >= 4 is 27.5 Å². The van der Waals surface area contributed by atoms with Gasteiger partial charge in [-0.2, -0.15) is 0 Å². The molecule has 1 fully saturated rings. The molecule has 1 saturated heterocycles. The number of hydrogen-bond donors (Lipinski definition) is 1. The molecule has 0 aromatic heterocycles. The Morgan fingerprint density at radius 2 is 2.21 bits per heavy atom. The van der Waals surface area contributed by atoms with Crippen LogP contribution in [-0.4, -0.2) is 13.1 Å². The third kappa shape index (κ3) is 1.95. The maximum absolute atomic E-state index is 13.6. The van der Waals surface area contributed by atoms with Crippen LogP contribution < -0.4 is 5.32 Å². The van der Waals surface area contributed by atoms with E-state index >= 15 is 0 Å². The van der Waals surface area contributed by atoms with Crippen molar-refractivity contribution in [2.24, 2.45) is 5.92 Å². The molecule has 1 aliphatic heterocycles. The first kappa shape index (κ1) is 10.4. The highest BCUT2D eigenvalue weighted by Gasteiger charge is 2.21. The molecule has 14 heavy (non-hydrogen) atoms. The summed E-state index contributed by atoms with van der Waals surface area (Å²) in [7, 11) is 0. The van der Waals surface area contributed by atoms with Crippen molar-refractivity contribution in [3.63, 3.8) is 0 Å². The lowest BCUT2D eigenvalue weighted by Crippen LogP contribution is -2.43. The predicted molar refractivity (Wildman–Crippen MR) is 59.2 cm³/mol. The van der Waals surface area contributed by atoms with Gasteiger partial charge in [-0.15, -0.1) is 0 Å². The van der Waals surface area contributed by atoms with E-state index in [4.69, 9.17) is 11.6 Å². The molecule has 1 N–H and O–H groups in total. The highest BCUT2D eigenvalue weighted by Crippen LogP contribution is 2.28. The first-order chi connectivity index (χ1) is 6.68. The molecule has 0 radical (unpaired) electrons. The first-order valence-electron chi connectivity index (χ1n) is 4.51. The zero-order valence-corrected chi connectivity index (χ0v) is 9.83. The second kappa shape index (κ2) is 4.17. The van der Waals surface area contributed by atoms with E-state index in [9.17, 15) is 4.39 Å². The number of benzene rings is 1. The minimum atomic E-state index is -0.284. The van der Waals surface area contributed by atoms with Gasteiger partial charge in [0.2, 0.25) is 0 Å². The van der Waals surface area contributed by atoms with Crippen LogP contribution in [0.1, 0.15) is 5.56 Å². The molecule has 1 aromatic rings. The number of hydrogen-bond acceptors (Lipinski definition) is 1. The molecule has 0 saturated carbocycles. The highest BCUT2D eigenvalue weighted by molar-refractivity contribution is 9.10. The van der Waals surface area contributed by atoms with Gasteiger partial charge in [0.1, 0.15) is 5.82 Å². The van der Waals surface area contributed by atoms with Crippen LogP contribution in [0.25, 0.3) is 0 Å². The fourth-order valence-corrected chi connectivity index (χ4v) is 2.18. The molecule has 76 valence electrons. The summed E-state index contributed by atoms with van der Waals surface area (Å²) in [4.78, 5) is 0. The van der Waals surface area contributed by atoms with Crippen LogP contribution in [0.15, 0.2) is 16.6 Å². The Kier molecular flexibility index (Phi) is 3.10. The van der Waals surface area contributed by atoms with Crippen LogP contribution in [-0.2, 0) is 6.42 Å². The normalized spacial score (nSPS) is 16.8. The number of nitrogens with one attached hydrogen (secondary N) is 1. The monoisotopic (exact) mass is 277 g/mol. The van der Waals surface area contributed by atoms with Gasteiger partial charge in [-0.25, -0.2) is 4.39 Å². The van der Waals surface area contributed by atoms with E-state index in [1.165, 1.54) is 0 Å². The third-order valence-electron chi connectivity index (χ3n) is 2.50. The second-order valence-electron chi connectivity index (χ2n) is 3.55. The summed E-state index contributed by atoms with van der Waals surface area (Å²) < 4.78 is 14.4. The maximum atomic E-state index is 13.6. The summed E-state index contributed by atoms with van der Waals surface area (Å²) in [5.41, 5.74) is 0.698. The second-order valence-corrected chi connectivity index (χ2v) is 4.81. The van der Waals surface area contributed by atoms with Crippen molar-refractivity contribution in [2.75, 3.05) is 13.1 Å². The molecule has 1 nitrogen and oxygen atoms in total. The third-order valence-corrected chi connectivity index (χ3v) is 3.53. The zero-order valence-electron chi connectivity index (χ0n) is 7.49. The molecule has 0 unspecified atom stereocenters. The lowest BCUT2D eigenvalue weighted by molar-refractivity contribution is 0.342. The van der Waals surface area contributed by atoms with Crippen LogP contribution in [0.2, 0.25) is 5.02 Å². The standard InChI is InChI=1S/C10H10BrClFN/c11-8-1-2-9(12)10(13)7(8)3-6-4-14-5-6/h1-2,6,14H,3-5H2. The van der Waals surface area contributed by atoms with Crippen LogP contribution in [0.4, 0.5) is 4.39 Å². The topological polar surface area (TPSA) is 12.0 Å². The summed E-state index contributed by atoms with van der Waals surface area (Å²) in [6.07, 6.45) is 0.750. The smallest absolute Gasteiger partial charge is 0.146 e. The molecule has 4 heteroatoms. The predicted octanol–water partition coefficient (Wildman–Crippen LogP) is 3.00. The van der Waals surface area contributed by atoms with E-state index in [2.05, 4.69) is 21.2 Å². The van der Waals surface area contributed by atoms with Crippen molar-refractivity contribution < 1.29 is 4.39 Å². The van der Waals surface area contributed by atoms with E-state index in [1.54, 1.807) is 12.1 Å². The molecular weight excluding hydrogens is 268 g/mol. The fraction of sp³-hybridized carbons (Fsp3) is 0.400. The van der Waals surface area contributed by atoms with Gasteiger partial charge in [0.15, 0.2) is 0 Å². The van der Waals surface area contributed by atoms with Crippen molar-refractivity contribution in [1.82, 2.24) is 5.32 Å². The molecular formula is C10H10BrClFN. The summed E-state index contributed by atoms with van der Waals surface area (Å²) in [5.74, 6) is 0.257. The van der Waals surface area contributed by atoms with E-state index in [-0.39, 0.29) is 10.8 Å². The molecule has 1 heterocycles. The van der Waals surface area contributed by atoms with Gasteiger partial charge >= 0.3 is 0 Å². The Balaban J connectivity index is 2.25. The fourth-order valence-electron chi connectivity index (χ4n) is 1.54. The summed E-state index contributed by atoms with van der Waals surface area (Å²) in [6, 6.07) is 3.37. The van der Waals surface area contributed by atoms with Crippen LogP contribution in [0.3, 0.4) is 0 Å². The Morgan fingerprint density at radius 3 is 2.79 bits per heavy atom. The largest absolute Gasteiger partial charge is 0.316 e. The lowest BCUT2D eigenvalue weighted by Gasteiger charge is -2.27. The Labute approximate surface area is 95.8 Å². The first-order valence-corrected chi connectivity index (χ1v) is 5.68. The molecule has 0 amide bonds. The SMILES string of the molecule is Fc1c(Cl)ccc(Br)c1CC1CNC1. The Morgan fingerprint density at radius 1 is 1.50 bits per heavy atom. The molecule has 2 rings (SSSR count). The zero-order chi connectivity index (χ0) is 10.1. The molecule has 0 atom stereocenters. The van der Waals surface area contributed by atoms with Gasteiger partial charge in [-0.1, -0.05) is 27.5 Å². The average Bonchev–Trinajstić information content (AvgIpc) is 2.09. The van der Waals surface area contributed by atoms with E-state index in [0.717, 1.165) is 24.0 Å². The number of rotatable bonds is 2. The average molecular weight is 279 g/mol. The Bertz CT molecular complexity index is 352. The van der Waals surface area contributed by atoms with Gasteiger partial charge in [0, 0.05) is 10.0 Å². The molecule has 0 bridgehead atoms. The molecule has 1 aliphatic rings. The lowest BCUT2D eigenvalue weighted by atomic mass is 9.94. The van der Waals surface area contributed by atoms with E-state index < -0.39 is 0 Å².